The van der Waals surface area contributed by atoms with Gasteiger partial charge in [-0.1, -0.05) is 19.4 Å². The van der Waals surface area contributed by atoms with E-state index in [1.807, 2.05) is 32.0 Å². The summed E-state index contributed by atoms with van der Waals surface area (Å²) < 4.78 is 18.3. The Hall–Kier alpha value is -3.03. The fourth-order valence-corrected chi connectivity index (χ4v) is 3.18. The summed E-state index contributed by atoms with van der Waals surface area (Å²) in [5.41, 5.74) is 2.02. The maximum absolute atomic E-state index is 12.9. The minimum absolute atomic E-state index is 0.363. The SMILES string of the molecule is CCCCOC(=O)C1=C(C)Nc2ncnn2[C@@H]1c1ccc(OCC)c(OC)c1. The molecule has 0 fully saturated rings. The number of rotatable bonds is 8. The van der Waals surface area contributed by atoms with Crippen LogP contribution in [0.4, 0.5) is 5.95 Å². The number of fused-ring (bicyclic) bond motifs is 1. The Morgan fingerprint density at radius 1 is 1.29 bits per heavy atom. The van der Waals surface area contributed by atoms with Gasteiger partial charge in [0.2, 0.25) is 5.95 Å². The van der Waals surface area contributed by atoms with Crippen molar-refractivity contribution < 1.29 is 19.0 Å². The van der Waals surface area contributed by atoms with Gasteiger partial charge in [-0.2, -0.15) is 10.1 Å². The highest BCUT2D eigenvalue weighted by Gasteiger charge is 2.34. The molecular weight excluding hydrogens is 360 g/mol. The number of hydrogen-bond donors (Lipinski definition) is 1. The Bertz CT molecular complexity index is 875. The molecule has 0 spiro atoms. The lowest BCUT2D eigenvalue weighted by atomic mass is 9.95. The van der Waals surface area contributed by atoms with E-state index >= 15 is 0 Å². The third kappa shape index (κ3) is 3.81. The molecule has 0 saturated heterocycles. The highest BCUT2D eigenvalue weighted by Crippen LogP contribution is 2.38. The third-order valence-electron chi connectivity index (χ3n) is 4.55. The van der Waals surface area contributed by atoms with Gasteiger partial charge in [-0.15, -0.1) is 0 Å². The minimum Gasteiger partial charge on any atom is -0.493 e. The van der Waals surface area contributed by atoms with Crippen molar-refractivity contribution in [1.82, 2.24) is 14.8 Å². The van der Waals surface area contributed by atoms with Crippen molar-refractivity contribution in [3.8, 4) is 11.5 Å². The van der Waals surface area contributed by atoms with Crippen LogP contribution in [0.3, 0.4) is 0 Å². The third-order valence-corrected chi connectivity index (χ3v) is 4.55. The first-order valence-electron chi connectivity index (χ1n) is 9.45. The fraction of sp³-hybridized carbons (Fsp3) is 0.450. The second kappa shape index (κ2) is 8.77. The fourth-order valence-electron chi connectivity index (χ4n) is 3.18. The van der Waals surface area contributed by atoms with Crippen LogP contribution in [0.2, 0.25) is 0 Å². The zero-order valence-corrected chi connectivity index (χ0v) is 16.7. The van der Waals surface area contributed by atoms with E-state index in [4.69, 9.17) is 14.2 Å². The number of unbranched alkanes of at least 4 members (excludes halogenated alkanes) is 1. The summed E-state index contributed by atoms with van der Waals surface area (Å²) in [6.07, 6.45) is 3.23. The van der Waals surface area contributed by atoms with Crippen LogP contribution >= 0.6 is 0 Å². The van der Waals surface area contributed by atoms with Crippen LogP contribution in [-0.4, -0.2) is 41.1 Å². The molecule has 1 N–H and O–H groups in total. The molecule has 1 aromatic carbocycles. The molecule has 1 aliphatic heterocycles. The first-order chi connectivity index (χ1) is 13.6. The molecule has 0 amide bonds. The predicted octanol–water partition coefficient (Wildman–Crippen LogP) is 3.32. The molecule has 8 heteroatoms. The van der Waals surface area contributed by atoms with Gasteiger partial charge in [0.25, 0.3) is 0 Å². The highest BCUT2D eigenvalue weighted by atomic mass is 16.5. The molecular formula is C20H26N4O4. The number of ether oxygens (including phenoxy) is 3. The van der Waals surface area contributed by atoms with E-state index in [-0.39, 0.29) is 5.97 Å². The average molecular weight is 386 g/mol. The lowest BCUT2D eigenvalue weighted by Gasteiger charge is -2.28. The number of carbonyl (C=O) groups excluding carboxylic acids is 1. The Labute approximate surface area is 164 Å². The number of esters is 1. The number of allylic oxidation sites excluding steroid dienone is 1. The molecule has 2 heterocycles. The average Bonchev–Trinajstić information content (AvgIpc) is 3.15. The van der Waals surface area contributed by atoms with Crippen LogP contribution < -0.4 is 14.8 Å². The molecule has 0 aliphatic carbocycles. The molecule has 1 aliphatic rings. The summed E-state index contributed by atoms with van der Waals surface area (Å²) in [5.74, 6) is 1.45. The second-order valence-electron chi connectivity index (χ2n) is 6.43. The van der Waals surface area contributed by atoms with E-state index in [0.717, 1.165) is 18.4 Å². The Morgan fingerprint density at radius 2 is 2.11 bits per heavy atom. The molecule has 0 unspecified atom stereocenters. The molecule has 3 rings (SSSR count). The molecule has 0 radical (unpaired) electrons. The summed E-state index contributed by atoms with van der Waals surface area (Å²) in [6, 6.07) is 5.13. The summed E-state index contributed by atoms with van der Waals surface area (Å²) in [5, 5.41) is 7.45. The zero-order chi connectivity index (χ0) is 20.1. The van der Waals surface area contributed by atoms with Crippen LogP contribution in [0.1, 0.15) is 45.2 Å². The molecule has 150 valence electrons. The molecule has 1 aromatic heterocycles. The van der Waals surface area contributed by atoms with Gasteiger partial charge in [0.1, 0.15) is 12.4 Å². The van der Waals surface area contributed by atoms with E-state index in [9.17, 15) is 4.79 Å². The topological polar surface area (TPSA) is 87.5 Å². The number of aromatic nitrogens is 3. The number of nitrogens with zero attached hydrogens (tertiary/aromatic N) is 3. The van der Waals surface area contributed by atoms with Gasteiger partial charge in [0, 0.05) is 5.70 Å². The van der Waals surface area contributed by atoms with E-state index in [1.165, 1.54) is 6.33 Å². The summed E-state index contributed by atoms with van der Waals surface area (Å²) in [6.45, 7) is 6.73. The van der Waals surface area contributed by atoms with E-state index < -0.39 is 6.04 Å². The zero-order valence-electron chi connectivity index (χ0n) is 16.7. The van der Waals surface area contributed by atoms with E-state index in [1.54, 1.807) is 11.8 Å². The van der Waals surface area contributed by atoms with E-state index in [2.05, 4.69) is 22.3 Å². The first-order valence-corrected chi connectivity index (χ1v) is 9.45. The van der Waals surface area contributed by atoms with Crippen molar-refractivity contribution >= 4 is 11.9 Å². The van der Waals surface area contributed by atoms with Gasteiger partial charge in [-0.25, -0.2) is 9.48 Å². The van der Waals surface area contributed by atoms with Gasteiger partial charge in [0.15, 0.2) is 11.5 Å². The van der Waals surface area contributed by atoms with Crippen molar-refractivity contribution in [2.45, 2.75) is 39.7 Å². The van der Waals surface area contributed by atoms with Crippen LogP contribution in [0, 0.1) is 0 Å². The predicted molar refractivity (Wildman–Crippen MR) is 105 cm³/mol. The number of carbonyl (C=O) groups is 1. The summed E-state index contributed by atoms with van der Waals surface area (Å²) in [7, 11) is 1.59. The molecule has 1 atom stereocenters. The van der Waals surface area contributed by atoms with Gasteiger partial charge in [-0.05, 0) is 38.0 Å². The van der Waals surface area contributed by atoms with Crippen molar-refractivity contribution in [3.63, 3.8) is 0 Å². The highest BCUT2D eigenvalue weighted by molar-refractivity contribution is 5.92. The summed E-state index contributed by atoms with van der Waals surface area (Å²) in [4.78, 5) is 17.1. The maximum atomic E-state index is 12.9. The van der Waals surface area contributed by atoms with Crippen molar-refractivity contribution in [1.29, 1.82) is 0 Å². The van der Waals surface area contributed by atoms with Crippen molar-refractivity contribution in [2.75, 3.05) is 25.6 Å². The quantitative estimate of drug-likeness (QED) is 0.550. The van der Waals surface area contributed by atoms with Gasteiger partial charge in [-0.3, -0.25) is 0 Å². The summed E-state index contributed by atoms with van der Waals surface area (Å²) >= 11 is 0. The smallest absolute Gasteiger partial charge is 0.338 e. The van der Waals surface area contributed by atoms with Crippen molar-refractivity contribution in [3.05, 3.63) is 41.4 Å². The van der Waals surface area contributed by atoms with Crippen LogP contribution in [0.25, 0.3) is 0 Å². The number of anilines is 1. The maximum Gasteiger partial charge on any atom is 0.338 e. The monoisotopic (exact) mass is 386 g/mol. The number of hydrogen-bond acceptors (Lipinski definition) is 7. The normalized spacial score (nSPS) is 15.6. The van der Waals surface area contributed by atoms with Crippen LogP contribution in [0.15, 0.2) is 35.8 Å². The van der Waals surface area contributed by atoms with Gasteiger partial charge < -0.3 is 19.5 Å². The molecule has 0 bridgehead atoms. The molecule has 8 nitrogen and oxygen atoms in total. The second-order valence-corrected chi connectivity index (χ2v) is 6.43. The largest absolute Gasteiger partial charge is 0.493 e. The Balaban J connectivity index is 2.03. The minimum atomic E-state index is -0.475. The van der Waals surface area contributed by atoms with Crippen molar-refractivity contribution in [2.24, 2.45) is 0 Å². The lowest BCUT2D eigenvalue weighted by molar-refractivity contribution is -0.139. The number of benzene rings is 1. The van der Waals surface area contributed by atoms with E-state index in [0.29, 0.717) is 41.9 Å². The van der Waals surface area contributed by atoms with Crippen LogP contribution in [-0.2, 0) is 9.53 Å². The van der Waals surface area contributed by atoms with Gasteiger partial charge >= 0.3 is 5.97 Å². The number of methoxy groups -OCH3 is 1. The van der Waals surface area contributed by atoms with Gasteiger partial charge in [0.05, 0.1) is 25.9 Å². The Morgan fingerprint density at radius 3 is 2.82 bits per heavy atom. The Kier molecular flexibility index (Phi) is 6.18. The molecule has 2 aromatic rings. The van der Waals surface area contributed by atoms with Crippen LogP contribution in [0.5, 0.6) is 11.5 Å². The number of nitrogens with one attached hydrogen (secondary N) is 1. The first kappa shape index (κ1) is 19.7. The lowest BCUT2D eigenvalue weighted by Crippen LogP contribution is -2.29. The molecule has 28 heavy (non-hydrogen) atoms. The molecule has 0 saturated carbocycles. The standard InChI is InChI=1S/C20H26N4O4/c1-5-7-10-28-19(25)17-13(3)23-20-21-12-22-24(20)18(17)14-8-9-15(27-6-2)16(11-14)26-4/h8-9,11-12,18H,5-7,10H2,1-4H3,(H,21,22,23)/t18-/m1/s1.